The maximum Gasteiger partial charge on any atom is 0.136 e. The van der Waals surface area contributed by atoms with E-state index in [1.807, 2.05) is 20.8 Å². The summed E-state index contributed by atoms with van der Waals surface area (Å²) in [6, 6.07) is 0. The van der Waals surface area contributed by atoms with Gasteiger partial charge in [0.2, 0.25) is 0 Å². The number of carboxylic acid groups (broad SMARTS) is 1. The van der Waals surface area contributed by atoms with Gasteiger partial charge in [-0.1, -0.05) is 46.2 Å². The van der Waals surface area contributed by atoms with Gasteiger partial charge in [0.1, 0.15) is 11.0 Å². The Morgan fingerprint density at radius 3 is 2.28 bits per heavy atom. The van der Waals surface area contributed by atoms with Gasteiger partial charge in [0.25, 0.3) is 0 Å². The van der Waals surface area contributed by atoms with Crippen molar-refractivity contribution in [3.05, 3.63) is 22.7 Å². The number of carbonyl (C=O) groups excluding carboxylic acids is 1. The number of carboxylic acids is 1. The molecule has 0 saturated carbocycles. The van der Waals surface area contributed by atoms with Crippen molar-refractivity contribution < 1.29 is 9.90 Å². The summed E-state index contributed by atoms with van der Waals surface area (Å²) in [5, 5.41) is 11.3. The summed E-state index contributed by atoms with van der Waals surface area (Å²) in [5.41, 5.74) is 0.191. The second-order valence-corrected chi connectivity index (χ2v) is 6.09. The Labute approximate surface area is 112 Å². The fourth-order valence-electron chi connectivity index (χ4n) is 1.70. The summed E-state index contributed by atoms with van der Waals surface area (Å²) >= 11 is 6.08. The van der Waals surface area contributed by atoms with Gasteiger partial charge < -0.3 is 9.90 Å². The Hall–Kier alpha value is -1.16. The molecule has 100 valence electrons. The van der Waals surface area contributed by atoms with Crippen molar-refractivity contribution in [3.8, 4) is 0 Å². The molecule has 0 bridgehead atoms. The number of aromatic nitrogens is 2. The summed E-state index contributed by atoms with van der Waals surface area (Å²) in [5.74, 6) is -1.47. The fourth-order valence-corrected chi connectivity index (χ4v) is 1.94. The lowest BCUT2D eigenvalue weighted by molar-refractivity contribution is -0.309. The van der Waals surface area contributed by atoms with Crippen LogP contribution in [0.5, 0.6) is 0 Å². The van der Waals surface area contributed by atoms with Crippen LogP contribution in [0.3, 0.4) is 0 Å². The van der Waals surface area contributed by atoms with Gasteiger partial charge in [-0.15, -0.1) is 0 Å². The molecule has 1 aromatic heterocycles. The van der Waals surface area contributed by atoms with Crippen molar-refractivity contribution in [3.63, 3.8) is 0 Å². The number of aliphatic carboxylic acids is 1. The van der Waals surface area contributed by atoms with E-state index in [4.69, 9.17) is 11.6 Å². The number of nitrogens with zero attached hydrogens (tertiary/aromatic N) is 2. The third-order valence-electron chi connectivity index (χ3n) is 2.69. The summed E-state index contributed by atoms with van der Waals surface area (Å²) < 4.78 is 0. The third kappa shape index (κ3) is 3.19. The topological polar surface area (TPSA) is 65.9 Å². The van der Waals surface area contributed by atoms with Gasteiger partial charge in [-0.25, -0.2) is 9.97 Å². The van der Waals surface area contributed by atoms with E-state index in [1.54, 1.807) is 13.8 Å². The van der Waals surface area contributed by atoms with Crippen LogP contribution in [-0.2, 0) is 10.2 Å². The molecule has 1 rings (SSSR count). The quantitative estimate of drug-likeness (QED) is 0.787. The lowest BCUT2D eigenvalue weighted by Crippen LogP contribution is -2.33. The average Bonchev–Trinajstić information content (AvgIpc) is 2.18. The van der Waals surface area contributed by atoms with E-state index in [2.05, 4.69) is 9.97 Å². The molecule has 1 aromatic rings. The van der Waals surface area contributed by atoms with Crippen molar-refractivity contribution >= 4 is 17.6 Å². The molecule has 0 aliphatic carbocycles. The highest BCUT2D eigenvalue weighted by atomic mass is 35.5. The standard InChI is InChI=1S/C13H19ClN2O2/c1-7(2)9(11(17)18)8-6-15-12(13(3,4)5)16-10(8)14/h6-7,9H,1-5H3,(H,17,18)/p-1. The van der Waals surface area contributed by atoms with E-state index in [9.17, 15) is 9.90 Å². The number of halogens is 1. The summed E-state index contributed by atoms with van der Waals surface area (Å²) in [6.45, 7) is 9.51. The Kier molecular flexibility index (Phi) is 4.32. The Morgan fingerprint density at radius 1 is 1.39 bits per heavy atom. The first-order valence-electron chi connectivity index (χ1n) is 5.88. The lowest BCUT2D eigenvalue weighted by Gasteiger charge is -2.24. The summed E-state index contributed by atoms with van der Waals surface area (Å²) in [7, 11) is 0. The molecule has 0 spiro atoms. The molecule has 0 aromatic carbocycles. The van der Waals surface area contributed by atoms with Crippen molar-refractivity contribution in [2.75, 3.05) is 0 Å². The van der Waals surface area contributed by atoms with Crippen LogP contribution in [0.25, 0.3) is 0 Å². The van der Waals surface area contributed by atoms with Gasteiger partial charge >= 0.3 is 0 Å². The molecule has 0 fully saturated rings. The van der Waals surface area contributed by atoms with Crippen molar-refractivity contribution in [2.24, 2.45) is 5.92 Å². The minimum atomic E-state index is -1.15. The van der Waals surface area contributed by atoms with Gasteiger partial charge in [0.15, 0.2) is 0 Å². The maximum atomic E-state index is 11.2. The minimum absolute atomic E-state index is 0.128. The number of hydrogen-bond donors (Lipinski definition) is 0. The molecule has 0 aliphatic heterocycles. The molecule has 4 nitrogen and oxygen atoms in total. The fraction of sp³-hybridized carbons (Fsp3) is 0.615. The zero-order valence-corrected chi connectivity index (χ0v) is 12.1. The van der Waals surface area contributed by atoms with Crippen molar-refractivity contribution in [2.45, 2.75) is 46.0 Å². The molecule has 1 heterocycles. The van der Waals surface area contributed by atoms with Gasteiger partial charge in [0.05, 0.1) is 0 Å². The Bertz CT molecular complexity index is 453. The second kappa shape index (κ2) is 5.22. The molecule has 0 radical (unpaired) electrons. The van der Waals surface area contributed by atoms with Crippen LogP contribution < -0.4 is 5.11 Å². The van der Waals surface area contributed by atoms with Crippen LogP contribution in [0.15, 0.2) is 6.20 Å². The van der Waals surface area contributed by atoms with Crippen LogP contribution in [-0.4, -0.2) is 15.9 Å². The van der Waals surface area contributed by atoms with E-state index < -0.39 is 11.9 Å². The van der Waals surface area contributed by atoms with E-state index in [-0.39, 0.29) is 16.5 Å². The van der Waals surface area contributed by atoms with E-state index in [1.165, 1.54) is 6.20 Å². The second-order valence-electron chi connectivity index (χ2n) is 5.73. The van der Waals surface area contributed by atoms with E-state index in [0.717, 1.165) is 0 Å². The highest BCUT2D eigenvalue weighted by Gasteiger charge is 2.24. The van der Waals surface area contributed by atoms with Gasteiger partial charge in [-0.2, -0.15) is 0 Å². The van der Waals surface area contributed by atoms with Crippen LogP contribution in [0.4, 0.5) is 0 Å². The Balaban J connectivity index is 3.24. The zero-order chi connectivity index (χ0) is 14.1. The molecular weight excluding hydrogens is 252 g/mol. The van der Waals surface area contributed by atoms with E-state index >= 15 is 0 Å². The van der Waals surface area contributed by atoms with Crippen LogP contribution >= 0.6 is 11.6 Å². The number of rotatable bonds is 3. The highest BCUT2D eigenvalue weighted by Crippen LogP contribution is 2.30. The molecule has 0 saturated heterocycles. The minimum Gasteiger partial charge on any atom is -0.549 e. The number of hydrogen-bond acceptors (Lipinski definition) is 4. The van der Waals surface area contributed by atoms with Crippen LogP contribution in [0.2, 0.25) is 5.15 Å². The SMILES string of the molecule is CC(C)C(C(=O)[O-])c1cnc(C(C)(C)C)nc1Cl. The van der Waals surface area contributed by atoms with Crippen LogP contribution in [0, 0.1) is 5.92 Å². The van der Waals surface area contributed by atoms with Gasteiger partial charge in [-0.05, 0) is 5.92 Å². The highest BCUT2D eigenvalue weighted by molar-refractivity contribution is 6.30. The Morgan fingerprint density at radius 2 is 1.94 bits per heavy atom. The van der Waals surface area contributed by atoms with E-state index in [0.29, 0.717) is 11.4 Å². The molecule has 0 amide bonds. The smallest absolute Gasteiger partial charge is 0.136 e. The first-order valence-corrected chi connectivity index (χ1v) is 6.26. The molecule has 5 heteroatoms. The van der Waals surface area contributed by atoms with Gasteiger partial charge in [0, 0.05) is 29.1 Å². The summed E-state index contributed by atoms with van der Waals surface area (Å²) in [6.07, 6.45) is 1.50. The predicted octanol–water partition coefficient (Wildman–Crippen LogP) is 1.92. The molecule has 18 heavy (non-hydrogen) atoms. The van der Waals surface area contributed by atoms with Crippen LogP contribution in [0.1, 0.15) is 51.9 Å². The maximum absolute atomic E-state index is 11.2. The molecule has 0 N–H and O–H groups in total. The largest absolute Gasteiger partial charge is 0.549 e. The lowest BCUT2D eigenvalue weighted by atomic mass is 9.90. The molecular formula is C13H18ClN2O2-. The zero-order valence-electron chi connectivity index (χ0n) is 11.3. The average molecular weight is 270 g/mol. The summed E-state index contributed by atoms with van der Waals surface area (Å²) in [4.78, 5) is 19.6. The molecule has 0 aliphatic rings. The number of carbonyl (C=O) groups is 1. The molecule has 1 unspecified atom stereocenters. The third-order valence-corrected chi connectivity index (χ3v) is 3.00. The van der Waals surface area contributed by atoms with Crippen molar-refractivity contribution in [1.82, 2.24) is 9.97 Å². The van der Waals surface area contributed by atoms with Crippen molar-refractivity contribution in [1.29, 1.82) is 0 Å². The monoisotopic (exact) mass is 269 g/mol. The first-order chi connectivity index (χ1) is 8.14. The predicted molar refractivity (Wildman–Crippen MR) is 68.3 cm³/mol. The normalized spacial score (nSPS) is 13.7. The first kappa shape index (κ1) is 14.9. The molecule has 1 atom stereocenters. The van der Waals surface area contributed by atoms with Gasteiger partial charge in [-0.3, -0.25) is 0 Å².